The van der Waals surface area contributed by atoms with E-state index in [4.69, 9.17) is 5.11 Å². The highest BCUT2D eigenvalue weighted by molar-refractivity contribution is 4.74. The van der Waals surface area contributed by atoms with E-state index in [1.54, 1.807) is 0 Å². The summed E-state index contributed by atoms with van der Waals surface area (Å²) >= 11 is 0. The number of rotatable bonds is 3. The van der Waals surface area contributed by atoms with Gasteiger partial charge in [0.15, 0.2) is 0 Å². The van der Waals surface area contributed by atoms with Gasteiger partial charge in [0.2, 0.25) is 0 Å². The van der Waals surface area contributed by atoms with Gasteiger partial charge in [0.1, 0.15) is 0 Å². The fraction of sp³-hybridized carbons (Fsp3) is 1.00. The third-order valence-corrected chi connectivity index (χ3v) is 3.60. The second-order valence-corrected chi connectivity index (χ2v) is 4.35. The van der Waals surface area contributed by atoms with Crippen molar-refractivity contribution < 1.29 is 5.11 Å². The Kier molecular flexibility index (Phi) is 4.07. The summed E-state index contributed by atoms with van der Waals surface area (Å²) in [5.41, 5.74) is 0. The molecule has 0 bridgehead atoms. The van der Waals surface area contributed by atoms with Crippen LogP contribution in [0.15, 0.2) is 0 Å². The molecule has 12 heavy (non-hydrogen) atoms. The summed E-state index contributed by atoms with van der Waals surface area (Å²) in [4.78, 5) is 0. The topological polar surface area (TPSA) is 20.2 Å². The van der Waals surface area contributed by atoms with Crippen molar-refractivity contribution in [3.8, 4) is 0 Å². The van der Waals surface area contributed by atoms with E-state index in [0.717, 1.165) is 11.8 Å². The molecule has 1 aliphatic carbocycles. The lowest BCUT2D eigenvalue weighted by Crippen LogP contribution is -2.21. The largest absolute Gasteiger partial charge is 0.396 e. The van der Waals surface area contributed by atoms with Crippen LogP contribution in [0.1, 0.15) is 46.0 Å². The van der Waals surface area contributed by atoms with E-state index in [2.05, 4.69) is 13.8 Å². The zero-order valence-electron chi connectivity index (χ0n) is 8.42. The highest BCUT2D eigenvalue weighted by atomic mass is 16.3. The Bertz CT molecular complexity index is 114. The van der Waals surface area contributed by atoms with Crippen molar-refractivity contribution in [2.24, 2.45) is 17.8 Å². The smallest absolute Gasteiger partial charge is 0.0459 e. The first-order valence-corrected chi connectivity index (χ1v) is 5.38. The zero-order chi connectivity index (χ0) is 8.97. The summed E-state index contributed by atoms with van der Waals surface area (Å²) in [6.07, 6.45) is 6.52. The molecule has 0 aliphatic heterocycles. The molecule has 0 aromatic heterocycles. The molecule has 0 spiro atoms. The lowest BCUT2D eigenvalue weighted by molar-refractivity contribution is 0.145. The van der Waals surface area contributed by atoms with Crippen molar-refractivity contribution in [1.82, 2.24) is 0 Å². The summed E-state index contributed by atoms with van der Waals surface area (Å²) < 4.78 is 0. The highest BCUT2D eigenvalue weighted by Gasteiger charge is 2.23. The van der Waals surface area contributed by atoms with Crippen LogP contribution in [0.3, 0.4) is 0 Å². The Hall–Kier alpha value is -0.0400. The Labute approximate surface area is 76.2 Å². The van der Waals surface area contributed by atoms with E-state index in [1.807, 2.05) is 0 Å². The zero-order valence-corrected chi connectivity index (χ0v) is 8.42. The number of hydrogen-bond acceptors (Lipinski definition) is 1. The molecule has 1 unspecified atom stereocenters. The Morgan fingerprint density at radius 3 is 2.25 bits per heavy atom. The molecule has 0 heterocycles. The van der Waals surface area contributed by atoms with Gasteiger partial charge in [0, 0.05) is 6.61 Å². The molecule has 1 fully saturated rings. The predicted octanol–water partition coefficient (Wildman–Crippen LogP) is 2.83. The van der Waals surface area contributed by atoms with E-state index < -0.39 is 0 Å². The van der Waals surface area contributed by atoms with Gasteiger partial charge in [-0.15, -0.1) is 0 Å². The molecule has 0 amide bonds. The predicted molar refractivity (Wildman–Crippen MR) is 52.0 cm³/mol. The van der Waals surface area contributed by atoms with Crippen molar-refractivity contribution in [2.75, 3.05) is 6.61 Å². The van der Waals surface area contributed by atoms with Crippen molar-refractivity contribution in [2.45, 2.75) is 46.0 Å². The normalized spacial score (nSPS) is 33.2. The standard InChI is InChI=1S/C11H22O/c1-3-9(2)11-6-4-10(8-12)5-7-11/h9-12H,3-8H2,1-2H3. The maximum Gasteiger partial charge on any atom is 0.0459 e. The Balaban J connectivity index is 2.25. The minimum atomic E-state index is 0.410. The first kappa shape index (κ1) is 10.0. The molecular formula is C11H22O. The summed E-state index contributed by atoms with van der Waals surface area (Å²) in [5, 5.41) is 8.97. The van der Waals surface area contributed by atoms with Crippen molar-refractivity contribution in [3.63, 3.8) is 0 Å². The molecule has 1 atom stereocenters. The molecule has 1 heteroatoms. The van der Waals surface area contributed by atoms with E-state index in [9.17, 15) is 0 Å². The summed E-state index contributed by atoms with van der Waals surface area (Å²) in [6, 6.07) is 0. The average Bonchev–Trinajstić information content (AvgIpc) is 2.17. The van der Waals surface area contributed by atoms with Gasteiger partial charge in [-0.2, -0.15) is 0 Å². The highest BCUT2D eigenvalue weighted by Crippen LogP contribution is 2.34. The van der Waals surface area contributed by atoms with Crippen molar-refractivity contribution >= 4 is 0 Å². The second-order valence-electron chi connectivity index (χ2n) is 4.35. The summed E-state index contributed by atoms with van der Waals surface area (Å²) in [6.45, 7) is 5.06. The monoisotopic (exact) mass is 170 g/mol. The van der Waals surface area contributed by atoms with Gasteiger partial charge < -0.3 is 5.11 Å². The Morgan fingerprint density at radius 2 is 1.83 bits per heavy atom. The van der Waals surface area contributed by atoms with Crippen LogP contribution in [0.25, 0.3) is 0 Å². The van der Waals surface area contributed by atoms with Gasteiger partial charge in [0.25, 0.3) is 0 Å². The van der Waals surface area contributed by atoms with Gasteiger partial charge in [-0.3, -0.25) is 0 Å². The van der Waals surface area contributed by atoms with Crippen molar-refractivity contribution in [1.29, 1.82) is 0 Å². The number of hydrogen-bond donors (Lipinski definition) is 1. The minimum Gasteiger partial charge on any atom is -0.396 e. The molecule has 0 aromatic carbocycles. The van der Waals surface area contributed by atoms with Gasteiger partial charge in [-0.1, -0.05) is 20.3 Å². The van der Waals surface area contributed by atoms with Crippen LogP contribution in [0.4, 0.5) is 0 Å². The maximum absolute atomic E-state index is 8.97. The molecule has 1 aliphatic rings. The molecular weight excluding hydrogens is 148 g/mol. The molecule has 72 valence electrons. The van der Waals surface area contributed by atoms with E-state index >= 15 is 0 Å². The molecule has 1 N–H and O–H groups in total. The molecule has 0 radical (unpaired) electrons. The van der Waals surface area contributed by atoms with Crippen LogP contribution in [-0.4, -0.2) is 11.7 Å². The van der Waals surface area contributed by atoms with Crippen LogP contribution in [0.5, 0.6) is 0 Å². The van der Waals surface area contributed by atoms with E-state index in [-0.39, 0.29) is 0 Å². The minimum absolute atomic E-state index is 0.410. The Morgan fingerprint density at radius 1 is 1.25 bits per heavy atom. The fourth-order valence-electron chi connectivity index (χ4n) is 2.27. The summed E-state index contributed by atoms with van der Waals surface area (Å²) in [5.74, 6) is 2.45. The summed E-state index contributed by atoms with van der Waals surface area (Å²) in [7, 11) is 0. The molecule has 0 saturated heterocycles. The first-order valence-electron chi connectivity index (χ1n) is 5.38. The lowest BCUT2D eigenvalue weighted by Gasteiger charge is -2.30. The van der Waals surface area contributed by atoms with Crippen molar-refractivity contribution in [3.05, 3.63) is 0 Å². The SMILES string of the molecule is CCC(C)C1CCC(CO)CC1. The molecule has 1 nitrogen and oxygen atoms in total. The van der Waals surface area contributed by atoms with Gasteiger partial charge in [-0.05, 0) is 43.4 Å². The molecule has 1 saturated carbocycles. The van der Waals surface area contributed by atoms with Crippen LogP contribution in [0, 0.1) is 17.8 Å². The third kappa shape index (κ3) is 2.48. The van der Waals surface area contributed by atoms with Crippen LogP contribution < -0.4 is 0 Å². The molecule has 1 rings (SSSR count). The fourth-order valence-corrected chi connectivity index (χ4v) is 2.27. The quantitative estimate of drug-likeness (QED) is 0.690. The second kappa shape index (κ2) is 4.86. The van der Waals surface area contributed by atoms with Crippen LogP contribution in [-0.2, 0) is 0 Å². The van der Waals surface area contributed by atoms with E-state index in [1.165, 1.54) is 32.1 Å². The average molecular weight is 170 g/mol. The first-order chi connectivity index (χ1) is 5.77. The third-order valence-electron chi connectivity index (χ3n) is 3.60. The maximum atomic E-state index is 8.97. The van der Waals surface area contributed by atoms with Gasteiger partial charge >= 0.3 is 0 Å². The lowest BCUT2D eigenvalue weighted by atomic mass is 9.76. The van der Waals surface area contributed by atoms with Crippen LogP contribution >= 0.6 is 0 Å². The molecule has 0 aromatic rings. The van der Waals surface area contributed by atoms with Gasteiger partial charge in [0.05, 0.1) is 0 Å². The van der Waals surface area contributed by atoms with E-state index in [0.29, 0.717) is 12.5 Å². The number of aliphatic hydroxyl groups is 1. The van der Waals surface area contributed by atoms with Crippen LogP contribution in [0.2, 0.25) is 0 Å². The number of aliphatic hydroxyl groups excluding tert-OH is 1. The van der Waals surface area contributed by atoms with Gasteiger partial charge in [-0.25, -0.2) is 0 Å².